The largest absolute Gasteiger partial charge is 0.444 e. The third-order valence-electron chi connectivity index (χ3n) is 3.44. The lowest BCUT2D eigenvalue weighted by molar-refractivity contribution is -0.129. The molecule has 0 unspecified atom stereocenters. The molecule has 7 nitrogen and oxygen atoms in total. The zero-order chi connectivity index (χ0) is 20.6. The molecule has 0 aliphatic rings. The van der Waals surface area contributed by atoms with E-state index in [0.29, 0.717) is 11.6 Å². The van der Waals surface area contributed by atoms with E-state index in [9.17, 15) is 14.4 Å². The molecule has 0 aliphatic carbocycles. The van der Waals surface area contributed by atoms with E-state index in [1.54, 1.807) is 32.9 Å². The summed E-state index contributed by atoms with van der Waals surface area (Å²) < 4.78 is 5.07. The zero-order valence-electron chi connectivity index (χ0n) is 16.4. The lowest BCUT2D eigenvalue weighted by atomic mass is 10.0. The lowest BCUT2D eigenvalue weighted by Gasteiger charge is -2.22. The van der Waals surface area contributed by atoms with Crippen LogP contribution in [-0.2, 0) is 20.9 Å². The van der Waals surface area contributed by atoms with Gasteiger partial charge in [0.1, 0.15) is 18.2 Å². The van der Waals surface area contributed by atoms with Crippen molar-refractivity contribution in [3.63, 3.8) is 0 Å². The summed E-state index contributed by atoms with van der Waals surface area (Å²) in [5.74, 6) is -0.896. The lowest BCUT2D eigenvalue weighted by Crippen LogP contribution is -2.52. The number of rotatable bonds is 7. The smallest absolute Gasteiger partial charge is 0.408 e. The number of hydrogen-bond acceptors (Lipinski definition) is 4. The highest BCUT2D eigenvalue weighted by Crippen LogP contribution is 2.10. The van der Waals surface area contributed by atoms with E-state index < -0.39 is 23.6 Å². The van der Waals surface area contributed by atoms with E-state index >= 15 is 0 Å². The van der Waals surface area contributed by atoms with Crippen LogP contribution in [0.3, 0.4) is 0 Å². The first-order valence-corrected chi connectivity index (χ1v) is 9.14. The molecule has 1 aromatic carbocycles. The van der Waals surface area contributed by atoms with Crippen molar-refractivity contribution in [3.8, 4) is 0 Å². The van der Waals surface area contributed by atoms with Gasteiger partial charge in [-0.3, -0.25) is 9.59 Å². The Morgan fingerprint density at radius 1 is 1.07 bits per heavy atom. The van der Waals surface area contributed by atoms with E-state index in [1.807, 2.05) is 26.0 Å². The molecule has 0 aromatic heterocycles. The third-order valence-corrected chi connectivity index (χ3v) is 3.69. The van der Waals surface area contributed by atoms with Crippen molar-refractivity contribution >= 4 is 29.5 Å². The quantitative estimate of drug-likeness (QED) is 0.658. The summed E-state index contributed by atoms with van der Waals surface area (Å²) in [4.78, 5) is 36.1. The van der Waals surface area contributed by atoms with E-state index in [-0.39, 0.29) is 18.4 Å². The fourth-order valence-corrected chi connectivity index (χ4v) is 2.25. The van der Waals surface area contributed by atoms with Gasteiger partial charge in [-0.1, -0.05) is 37.6 Å². The molecule has 0 bridgehead atoms. The molecular weight excluding hydrogens is 370 g/mol. The summed E-state index contributed by atoms with van der Waals surface area (Å²) in [7, 11) is 0. The van der Waals surface area contributed by atoms with Crippen molar-refractivity contribution < 1.29 is 19.1 Å². The van der Waals surface area contributed by atoms with Crippen LogP contribution in [0.25, 0.3) is 0 Å². The first kappa shape index (κ1) is 22.8. The van der Waals surface area contributed by atoms with Gasteiger partial charge in [-0.25, -0.2) is 4.79 Å². The summed E-state index contributed by atoms with van der Waals surface area (Å²) >= 11 is 5.84. The van der Waals surface area contributed by atoms with Crippen molar-refractivity contribution in [2.24, 2.45) is 5.92 Å². The Balaban J connectivity index is 2.51. The number of carbonyl (C=O) groups excluding carboxylic acids is 3. The van der Waals surface area contributed by atoms with Crippen molar-refractivity contribution in [1.82, 2.24) is 16.0 Å². The van der Waals surface area contributed by atoms with Crippen LogP contribution in [0.15, 0.2) is 24.3 Å². The van der Waals surface area contributed by atoms with E-state index in [0.717, 1.165) is 5.56 Å². The fourth-order valence-electron chi connectivity index (χ4n) is 2.13. The Labute approximate surface area is 165 Å². The first-order chi connectivity index (χ1) is 12.5. The Hall–Kier alpha value is -2.28. The van der Waals surface area contributed by atoms with Crippen LogP contribution >= 0.6 is 11.6 Å². The predicted molar refractivity (Wildman–Crippen MR) is 104 cm³/mol. The maximum Gasteiger partial charge on any atom is 0.408 e. The Kier molecular flexibility index (Phi) is 8.56. The van der Waals surface area contributed by atoms with E-state index in [2.05, 4.69) is 16.0 Å². The van der Waals surface area contributed by atoms with Gasteiger partial charge in [0, 0.05) is 11.6 Å². The average Bonchev–Trinajstić information content (AvgIpc) is 2.55. The van der Waals surface area contributed by atoms with Gasteiger partial charge in [-0.15, -0.1) is 0 Å². The van der Waals surface area contributed by atoms with Gasteiger partial charge in [-0.2, -0.15) is 0 Å². The maximum atomic E-state index is 12.4. The van der Waals surface area contributed by atoms with Crippen LogP contribution in [0.2, 0.25) is 5.02 Å². The van der Waals surface area contributed by atoms with Gasteiger partial charge in [0.05, 0.1) is 0 Å². The topological polar surface area (TPSA) is 96.5 Å². The second-order valence-electron chi connectivity index (χ2n) is 7.49. The fraction of sp³-hybridized carbons (Fsp3) is 0.526. The van der Waals surface area contributed by atoms with Gasteiger partial charge >= 0.3 is 6.09 Å². The summed E-state index contributed by atoms with van der Waals surface area (Å²) in [5, 5.41) is 8.42. The number of ether oxygens (including phenoxy) is 1. The number of hydrogen-bond donors (Lipinski definition) is 3. The number of amides is 3. The van der Waals surface area contributed by atoms with Gasteiger partial charge in [-0.05, 0) is 44.4 Å². The average molecular weight is 398 g/mol. The number of alkyl carbamates (subject to hydrolysis) is 1. The monoisotopic (exact) mass is 397 g/mol. The van der Waals surface area contributed by atoms with Crippen LogP contribution in [0.4, 0.5) is 4.79 Å². The highest BCUT2D eigenvalue weighted by molar-refractivity contribution is 6.30. The van der Waals surface area contributed by atoms with Gasteiger partial charge in [0.15, 0.2) is 0 Å². The number of halogens is 1. The summed E-state index contributed by atoms with van der Waals surface area (Å²) in [6, 6.07) is 6.40. The molecule has 0 fully saturated rings. The van der Waals surface area contributed by atoms with Gasteiger partial charge in [0.2, 0.25) is 11.8 Å². The highest BCUT2D eigenvalue weighted by Gasteiger charge is 2.24. The number of carbonyl (C=O) groups is 3. The van der Waals surface area contributed by atoms with E-state index in [1.165, 1.54) is 0 Å². The van der Waals surface area contributed by atoms with E-state index in [4.69, 9.17) is 16.3 Å². The second kappa shape index (κ2) is 10.2. The SMILES string of the molecule is CC(C)[C@@H](NC(=O)CNC(=O)OC(C)(C)C)C(=O)NCc1ccc(Cl)cc1. The van der Waals surface area contributed by atoms with Crippen LogP contribution in [0.5, 0.6) is 0 Å². The standard InChI is InChI=1S/C19H28ClN3O4/c1-12(2)16(17(25)21-10-13-6-8-14(20)9-7-13)23-15(24)11-22-18(26)27-19(3,4)5/h6-9,12,16H,10-11H2,1-5H3,(H,21,25)(H,22,26)(H,23,24)/t16-/m1/s1. The number of benzene rings is 1. The molecule has 150 valence electrons. The van der Waals surface area contributed by atoms with Gasteiger partial charge < -0.3 is 20.7 Å². The van der Waals surface area contributed by atoms with Crippen LogP contribution in [0, 0.1) is 5.92 Å². The Morgan fingerprint density at radius 2 is 1.67 bits per heavy atom. The number of nitrogens with one attached hydrogen (secondary N) is 3. The molecule has 0 saturated carbocycles. The normalized spacial score (nSPS) is 12.3. The minimum absolute atomic E-state index is 0.124. The highest BCUT2D eigenvalue weighted by atomic mass is 35.5. The van der Waals surface area contributed by atoms with Crippen molar-refractivity contribution in [1.29, 1.82) is 0 Å². The molecule has 0 aliphatic heterocycles. The second-order valence-corrected chi connectivity index (χ2v) is 7.93. The molecule has 0 spiro atoms. The molecular formula is C19H28ClN3O4. The molecule has 1 aromatic rings. The van der Waals surface area contributed by atoms with Crippen LogP contribution < -0.4 is 16.0 Å². The maximum absolute atomic E-state index is 12.4. The zero-order valence-corrected chi connectivity index (χ0v) is 17.1. The summed E-state index contributed by atoms with van der Waals surface area (Å²) in [6.07, 6.45) is -0.689. The van der Waals surface area contributed by atoms with Crippen LogP contribution in [0.1, 0.15) is 40.2 Å². The summed E-state index contributed by atoms with van der Waals surface area (Å²) in [6.45, 7) is 8.89. The molecule has 3 N–H and O–H groups in total. The third kappa shape index (κ3) is 9.28. The molecule has 8 heteroatoms. The van der Waals surface area contributed by atoms with Crippen molar-refractivity contribution in [3.05, 3.63) is 34.9 Å². The Bertz CT molecular complexity index is 654. The molecule has 0 radical (unpaired) electrons. The van der Waals surface area contributed by atoms with Crippen molar-refractivity contribution in [2.75, 3.05) is 6.54 Å². The minimum atomic E-state index is -0.717. The van der Waals surface area contributed by atoms with Crippen LogP contribution in [-0.4, -0.2) is 36.1 Å². The minimum Gasteiger partial charge on any atom is -0.444 e. The molecule has 0 saturated heterocycles. The molecule has 1 atom stereocenters. The van der Waals surface area contributed by atoms with Crippen molar-refractivity contribution in [2.45, 2.75) is 52.8 Å². The summed E-state index contributed by atoms with van der Waals surface area (Å²) in [5.41, 5.74) is 0.246. The molecule has 1 rings (SSSR count). The first-order valence-electron chi connectivity index (χ1n) is 8.76. The van der Waals surface area contributed by atoms with Gasteiger partial charge in [0.25, 0.3) is 0 Å². The molecule has 3 amide bonds. The Morgan fingerprint density at radius 3 is 2.19 bits per heavy atom. The molecule has 0 heterocycles. The predicted octanol–water partition coefficient (Wildman–Crippen LogP) is 2.62. The molecule has 27 heavy (non-hydrogen) atoms.